The zero-order chi connectivity index (χ0) is 12.5. The molecule has 2 rings (SSSR count). The summed E-state index contributed by atoms with van der Waals surface area (Å²) in [6.45, 7) is 0. The molecule has 3 N–H and O–H groups in total. The van der Waals surface area contributed by atoms with Gasteiger partial charge in [0.05, 0.1) is 17.6 Å². The highest BCUT2D eigenvalue weighted by molar-refractivity contribution is 8.00. The number of halogens is 3. The molecule has 0 fully saturated rings. The second-order valence-corrected chi connectivity index (χ2v) is 4.41. The van der Waals surface area contributed by atoms with Crippen molar-refractivity contribution in [1.29, 1.82) is 0 Å². The number of H-pyrrole nitrogens is 1. The van der Waals surface area contributed by atoms with E-state index in [1.807, 2.05) is 0 Å². The summed E-state index contributed by atoms with van der Waals surface area (Å²) in [4.78, 5) is 0.115. The number of anilines is 1. The highest BCUT2D eigenvalue weighted by Crippen LogP contribution is 2.38. The lowest BCUT2D eigenvalue weighted by Crippen LogP contribution is -1.99. The Kier molecular flexibility index (Phi) is 3.01. The molecule has 0 unspecified atom stereocenters. The molecule has 0 spiro atoms. The number of benzene rings is 1. The van der Waals surface area contributed by atoms with E-state index >= 15 is 0 Å². The maximum atomic E-state index is 12.2. The van der Waals surface area contributed by atoms with E-state index < -0.39 is 5.51 Å². The standard InChI is InChI=1S/C10H8F3N3S/c11-10(12,13)17-7-3-1-2-6(4-7)9-8(14)5-15-16-9/h1-5H,14H2,(H,15,16). The predicted molar refractivity (Wildman–Crippen MR) is 60.3 cm³/mol. The van der Waals surface area contributed by atoms with Crippen LogP contribution in [0.1, 0.15) is 0 Å². The van der Waals surface area contributed by atoms with Gasteiger partial charge in [0, 0.05) is 10.5 Å². The second kappa shape index (κ2) is 4.33. The molecule has 0 bridgehead atoms. The molecule has 0 aliphatic carbocycles. The summed E-state index contributed by atoms with van der Waals surface area (Å²) >= 11 is -0.157. The fourth-order valence-electron chi connectivity index (χ4n) is 1.38. The number of rotatable bonds is 2. The van der Waals surface area contributed by atoms with Gasteiger partial charge in [-0.05, 0) is 23.9 Å². The first-order valence-corrected chi connectivity index (χ1v) is 5.42. The van der Waals surface area contributed by atoms with E-state index in [1.54, 1.807) is 12.1 Å². The summed E-state index contributed by atoms with van der Waals surface area (Å²) in [7, 11) is 0. The van der Waals surface area contributed by atoms with E-state index in [1.165, 1.54) is 18.3 Å². The van der Waals surface area contributed by atoms with Crippen LogP contribution in [-0.4, -0.2) is 15.7 Å². The number of hydrogen-bond donors (Lipinski definition) is 2. The highest BCUT2D eigenvalue weighted by Gasteiger charge is 2.29. The lowest BCUT2D eigenvalue weighted by atomic mass is 10.1. The van der Waals surface area contributed by atoms with Crippen molar-refractivity contribution < 1.29 is 13.2 Å². The number of hydrogen-bond acceptors (Lipinski definition) is 3. The molecule has 0 radical (unpaired) electrons. The molecule has 2 aromatic rings. The van der Waals surface area contributed by atoms with Crippen molar-refractivity contribution in [2.24, 2.45) is 0 Å². The first kappa shape index (κ1) is 11.8. The Labute approximate surface area is 99.2 Å². The number of alkyl halides is 3. The highest BCUT2D eigenvalue weighted by atomic mass is 32.2. The fraction of sp³-hybridized carbons (Fsp3) is 0.100. The van der Waals surface area contributed by atoms with Crippen LogP contribution >= 0.6 is 11.8 Å². The molecule has 7 heteroatoms. The summed E-state index contributed by atoms with van der Waals surface area (Å²) in [6, 6.07) is 6.03. The van der Waals surface area contributed by atoms with Crippen LogP contribution < -0.4 is 5.73 Å². The summed E-state index contributed by atoms with van der Waals surface area (Å²) in [5, 5.41) is 6.37. The van der Waals surface area contributed by atoms with Crippen LogP contribution in [0.5, 0.6) is 0 Å². The zero-order valence-electron chi connectivity index (χ0n) is 8.45. The van der Waals surface area contributed by atoms with Gasteiger partial charge < -0.3 is 5.73 Å². The van der Waals surface area contributed by atoms with E-state index in [9.17, 15) is 13.2 Å². The van der Waals surface area contributed by atoms with E-state index in [0.29, 0.717) is 16.9 Å². The van der Waals surface area contributed by atoms with Crippen LogP contribution in [-0.2, 0) is 0 Å². The molecule has 0 aliphatic heterocycles. The van der Waals surface area contributed by atoms with Gasteiger partial charge in [0.25, 0.3) is 0 Å². The van der Waals surface area contributed by atoms with Gasteiger partial charge in [0.2, 0.25) is 0 Å². The molecule has 90 valence electrons. The quantitative estimate of drug-likeness (QED) is 0.814. The zero-order valence-corrected chi connectivity index (χ0v) is 9.27. The van der Waals surface area contributed by atoms with Crippen molar-refractivity contribution in [3.05, 3.63) is 30.5 Å². The number of nitrogens with zero attached hydrogens (tertiary/aromatic N) is 1. The molecule has 1 aromatic carbocycles. The van der Waals surface area contributed by atoms with Crippen LogP contribution in [0, 0.1) is 0 Å². The summed E-state index contributed by atoms with van der Waals surface area (Å²) < 4.78 is 36.6. The minimum absolute atomic E-state index is 0.115. The van der Waals surface area contributed by atoms with Gasteiger partial charge >= 0.3 is 5.51 Å². The smallest absolute Gasteiger partial charge is 0.396 e. The Morgan fingerprint density at radius 3 is 2.65 bits per heavy atom. The van der Waals surface area contributed by atoms with Gasteiger partial charge in [-0.15, -0.1) is 0 Å². The third-order valence-electron chi connectivity index (χ3n) is 2.02. The largest absolute Gasteiger partial charge is 0.446 e. The van der Waals surface area contributed by atoms with Crippen molar-refractivity contribution in [3.8, 4) is 11.3 Å². The minimum Gasteiger partial charge on any atom is -0.396 e. The molecule has 0 saturated carbocycles. The normalized spacial score (nSPS) is 11.7. The SMILES string of the molecule is Nc1cn[nH]c1-c1cccc(SC(F)(F)F)c1. The fourth-order valence-corrected chi connectivity index (χ4v) is 1.98. The van der Waals surface area contributed by atoms with Crippen LogP contribution in [0.4, 0.5) is 18.9 Å². The average Bonchev–Trinajstić information content (AvgIpc) is 2.62. The maximum absolute atomic E-state index is 12.2. The molecule has 0 atom stereocenters. The minimum atomic E-state index is -4.29. The van der Waals surface area contributed by atoms with Crippen molar-refractivity contribution in [2.75, 3.05) is 5.73 Å². The molecular formula is C10H8F3N3S. The van der Waals surface area contributed by atoms with Crippen LogP contribution in [0.3, 0.4) is 0 Å². The molecular weight excluding hydrogens is 251 g/mol. The Hall–Kier alpha value is -1.63. The monoisotopic (exact) mass is 259 g/mol. The number of nitrogens with one attached hydrogen (secondary N) is 1. The number of nitrogens with two attached hydrogens (primary N) is 1. The van der Waals surface area contributed by atoms with E-state index in [0.717, 1.165) is 0 Å². The van der Waals surface area contributed by atoms with Gasteiger partial charge in [-0.2, -0.15) is 18.3 Å². The van der Waals surface area contributed by atoms with Crippen LogP contribution in [0.15, 0.2) is 35.4 Å². The predicted octanol–water partition coefficient (Wildman–Crippen LogP) is 3.27. The Balaban J connectivity index is 2.32. The molecule has 1 heterocycles. The van der Waals surface area contributed by atoms with E-state index in [-0.39, 0.29) is 16.7 Å². The van der Waals surface area contributed by atoms with Gasteiger partial charge in [0.1, 0.15) is 0 Å². The summed E-state index contributed by atoms with van der Waals surface area (Å²) in [5.41, 5.74) is 2.84. The number of aromatic nitrogens is 2. The molecule has 0 saturated heterocycles. The van der Waals surface area contributed by atoms with Crippen molar-refractivity contribution in [1.82, 2.24) is 10.2 Å². The number of nitrogen functional groups attached to an aromatic ring is 1. The average molecular weight is 259 g/mol. The Morgan fingerprint density at radius 2 is 2.06 bits per heavy atom. The van der Waals surface area contributed by atoms with Crippen molar-refractivity contribution in [2.45, 2.75) is 10.4 Å². The molecule has 0 amide bonds. The van der Waals surface area contributed by atoms with Gasteiger partial charge in [-0.1, -0.05) is 12.1 Å². The van der Waals surface area contributed by atoms with E-state index in [2.05, 4.69) is 10.2 Å². The molecule has 1 aromatic heterocycles. The molecule has 17 heavy (non-hydrogen) atoms. The third-order valence-corrected chi connectivity index (χ3v) is 2.75. The lowest BCUT2D eigenvalue weighted by molar-refractivity contribution is -0.0328. The second-order valence-electron chi connectivity index (χ2n) is 3.28. The lowest BCUT2D eigenvalue weighted by Gasteiger charge is -2.07. The molecule has 3 nitrogen and oxygen atoms in total. The molecule has 0 aliphatic rings. The van der Waals surface area contributed by atoms with Crippen LogP contribution in [0.25, 0.3) is 11.3 Å². The first-order chi connectivity index (χ1) is 7.96. The topological polar surface area (TPSA) is 54.7 Å². The maximum Gasteiger partial charge on any atom is 0.446 e. The third kappa shape index (κ3) is 2.94. The van der Waals surface area contributed by atoms with Gasteiger partial charge in [-0.3, -0.25) is 5.10 Å². The Bertz CT molecular complexity index is 522. The van der Waals surface area contributed by atoms with Crippen molar-refractivity contribution in [3.63, 3.8) is 0 Å². The van der Waals surface area contributed by atoms with Crippen molar-refractivity contribution >= 4 is 17.4 Å². The number of thioether (sulfide) groups is 1. The number of aromatic amines is 1. The Morgan fingerprint density at radius 1 is 1.29 bits per heavy atom. The van der Waals surface area contributed by atoms with Gasteiger partial charge in [0.15, 0.2) is 0 Å². The summed E-state index contributed by atoms with van der Waals surface area (Å²) in [6.07, 6.45) is 1.42. The van der Waals surface area contributed by atoms with E-state index in [4.69, 9.17) is 5.73 Å². The first-order valence-electron chi connectivity index (χ1n) is 4.61. The van der Waals surface area contributed by atoms with Gasteiger partial charge in [-0.25, -0.2) is 0 Å². The summed E-state index contributed by atoms with van der Waals surface area (Å²) in [5.74, 6) is 0. The van der Waals surface area contributed by atoms with Crippen LogP contribution in [0.2, 0.25) is 0 Å².